The molecule has 0 aromatic heterocycles. The summed E-state index contributed by atoms with van der Waals surface area (Å²) in [5.74, 6) is 0.00310. The van der Waals surface area contributed by atoms with Crippen molar-refractivity contribution in [3.8, 4) is 0 Å². The topological polar surface area (TPSA) is 130 Å². The Morgan fingerprint density at radius 2 is 1.94 bits per heavy atom. The van der Waals surface area contributed by atoms with Gasteiger partial charge in [-0.2, -0.15) is 0 Å². The van der Waals surface area contributed by atoms with Crippen LogP contribution in [-0.4, -0.2) is 44.2 Å². The minimum absolute atomic E-state index is 0.0626. The van der Waals surface area contributed by atoms with Crippen LogP contribution in [0.15, 0.2) is 41.4 Å². The Morgan fingerprint density at radius 1 is 1.31 bits per heavy atom. The fourth-order valence-electron chi connectivity index (χ4n) is 3.81. The Hall–Kier alpha value is -2.58. The van der Waals surface area contributed by atoms with Gasteiger partial charge in [0.05, 0.1) is 0 Å². The maximum absolute atomic E-state index is 15.7. The number of anilines is 1. The zero-order chi connectivity index (χ0) is 26.2. The molecule has 1 aromatic rings. The van der Waals surface area contributed by atoms with Gasteiger partial charge in [-0.3, -0.25) is 0 Å². The van der Waals surface area contributed by atoms with Crippen LogP contribution in [0.25, 0.3) is 0 Å². The molecule has 0 bridgehead atoms. The van der Waals surface area contributed by atoms with E-state index in [2.05, 4.69) is 31.5 Å². The number of rotatable bonds is 6. The van der Waals surface area contributed by atoms with E-state index in [1.54, 1.807) is 14.0 Å². The zero-order valence-corrected chi connectivity index (χ0v) is 20.8. The van der Waals surface area contributed by atoms with Crippen LogP contribution in [0, 0.1) is 10.2 Å². The van der Waals surface area contributed by atoms with E-state index in [0.29, 0.717) is 5.82 Å². The summed E-state index contributed by atoms with van der Waals surface area (Å²) in [5, 5.41) is 12.9. The molecule has 0 amide bonds. The second-order valence-electron chi connectivity index (χ2n) is 8.58. The van der Waals surface area contributed by atoms with Gasteiger partial charge in [-0.1, -0.05) is 0 Å². The van der Waals surface area contributed by atoms with Crippen molar-refractivity contribution in [3.05, 3.63) is 52.5 Å². The van der Waals surface area contributed by atoms with Gasteiger partial charge in [0.15, 0.2) is 0 Å². The Balaban J connectivity index is 1.92. The molecule has 2 aliphatic heterocycles. The standard InChI is InChI=1S/C21H27F4N7OS.Co/c1-12(13-8-14(21(23,24)25)10-15(26)9-13)29-18(27)16-11-17(30-31-19(16)32(2)3)20(22)4-6-34(28,33)7-5-20;/h2,8-12,28,30-31H,4-7,26H2,1,3H3,(H2,27,29);/t12-,20?,34?;/m1./s1. The van der Waals surface area contributed by atoms with Gasteiger partial charge in [0, 0.05) is 0 Å². The fourth-order valence-corrected chi connectivity index (χ4v) is 5.46. The van der Waals surface area contributed by atoms with Crippen LogP contribution >= 0.6 is 0 Å². The molecular weight excluding hydrogens is 533 g/mol. The summed E-state index contributed by atoms with van der Waals surface area (Å²) in [6, 6.07) is 2.45. The second-order valence-corrected chi connectivity index (χ2v) is 11.3. The molecule has 1 saturated heterocycles. The van der Waals surface area contributed by atoms with Gasteiger partial charge in [-0.05, 0) is 0 Å². The first-order valence-corrected chi connectivity index (χ1v) is 13.0. The molecule has 8 nitrogen and oxygen atoms in total. The molecule has 1 aromatic carbocycles. The molecule has 2 heterocycles. The number of hydrogen-bond donors (Lipinski definition) is 6. The average molecular weight is 560 g/mol. The molecule has 0 unspecified atom stereocenters. The van der Waals surface area contributed by atoms with Crippen LogP contribution in [-0.2, 0) is 31.2 Å². The number of halogens is 4. The van der Waals surface area contributed by atoms with Crippen molar-refractivity contribution in [2.24, 2.45) is 0 Å². The molecule has 0 saturated carbocycles. The third kappa shape index (κ3) is 6.16. The van der Waals surface area contributed by atoms with Gasteiger partial charge in [0.25, 0.3) is 0 Å². The number of hydrogen-bond acceptors (Lipinski definition) is 7. The normalized spacial score (nSPS) is 25.6. The fraction of sp³-hybridized carbons (Fsp3) is 0.429. The van der Waals surface area contributed by atoms with Gasteiger partial charge >= 0.3 is 209 Å². The third-order valence-corrected chi connectivity index (χ3v) is 8.05. The minimum atomic E-state index is -4.58. The summed E-state index contributed by atoms with van der Waals surface area (Å²) in [6.07, 6.45) is -3.38. The SMILES string of the molecule is C[C@@H](NC(=N)C1=C(N(C)[CH]=[Co])NNC(C2(F)CCS(=N)(=O)CC2)=C1)c1cc(N)cc(C(F)(F)F)c1. The average Bonchev–Trinajstić information content (AvgIpc) is 2.79. The van der Waals surface area contributed by atoms with Crippen molar-refractivity contribution in [2.75, 3.05) is 24.3 Å². The second kappa shape index (κ2) is 9.82. The van der Waals surface area contributed by atoms with Crippen LogP contribution < -0.4 is 21.9 Å². The van der Waals surface area contributed by atoms with Crippen molar-refractivity contribution in [1.29, 1.82) is 10.2 Å². The number of amidine groups is 1. The third-order valence-electron chi connectivity index (χ3n) is 5.92. The number of nitrogens with one attached hydrogen (secondary N) is 5. The summed E-state index contributed by atoms with van der Waals surface area (Å²) in [5.41, 5.74) is 9.02. The molecule has 2 aliphatic rings. The van der Waals surface area contributed by atoms with Crippen LogP contribution in [0.1, 0.15) is 36.9 Å². The Bertz CT molecular complexity index is 1180. The van der Waals surface area contributed by atoms with Crippen LogP contribution in [0.3, 0.4) is 0 Å². The van der Waals surface area contributed by atoms with Crippen molar-refractivity contribution < 1.29 is 37.1 Å². The summed E-state index contributed by atoms with van der Waals surface area (Å²) < 4.78 is 75.1. The Morgan fingerprint density at radius 3 is 2.51 bits per heavy atom. The molecule has 1 atom stereocenters. The van der Waals surface area contributed by atoms with Crippen molar-refractivity contribution >= 4 is 26.3 Å². The number of nitrogens with two attached hydrogens (primary N) is 1. The first-order chi connectivity index (χ1) is 16.1. The van der Waals surface area contributed by atoms with Crippen LogP contribution in [0.4, 0.5) is 23.2 Å². The van der Waals surface area contributed by atoms with Crippen LogP contribution in [0.2, 0.25) is 0 Å². The molecule has 0 radical (unpaired) electrons. The summed E-state index contributed by atoms with van der Waals surface area (Å²) in [6.45, 7) is 1.58. The van der Waals surface area contributed by atoms with Crippen molar-refractivity contribution in [1.82, 2.24) is 21.1 Å². The summed E-state index contributed by atoms with van der Waals surface area (Å²) >= 11 is 4.16. The molecular formula is C21H27CoF4N7OS. The Labute approximate surface area is 209 Å². The first-order valence-electron chi connectivity index (χ1n) is 10.5. The van der Waals surface area contributed by atoms with E-state index in [9.17, 15) is 17.4 Å². The predicted octanol–water partition coefficient (Wildman–Crippen LogP) is 2.91. The van der Waals surface area contributed by atoms with E-state index >= 15 is 4.39 Å². The first kappa shape index (κ1) is 27.0. The molecule has 0 aliphatic carbocycles. The van der Waals surface area contributed by atoms with Gasteiger partial charge in [0.2, 0.25) is 0 Å². The number of nitrogens with zero attached hydrogens (tertiary/aromatic N) is 1. The van der Waals surface area contributed by atoms with Gasteiger partial charge in [0.1, 0.15) is 0 Å². The molecule has 14 heteroatoms. The molecule has 195 valence electrons. The van der Waals surface area contributed by atoms with E-state index < -0.39 is 33.2 Å². The predicted molar refractivity (Wildman–Crippen MR) is 124 cm³/mol. The van der Waals surface area contributed by atoms with E-state index in [1.165, 1.54) is 22.1 Å². The number of nitrogen functional groups attached to an aromatic ring is 1. The molecule has 35 heavy (non-hydrogen) atoms. The molecule has 7 N–H and O–H groups in total. The maximum atomic E-state index is 15.7. The molecule has 1 fully saturated rings. The zero-order valence-electron chi connectivity index (χ0n) is 19.0. The molecule has 3 rings (SSSR count). The number of hydrazine groups is 1. The summed E-state index contributed by atoms with van der Waals surface area (Å²) in [7, 11) is -1.17. The summed E-state index contributed by atoms with van der Waals surface area (Å²) in [4.78, 5) is 1.53. The number of alkyl halides is 4. The van der Waals surface area contributed by atoms with Crippen molar-refractivity contribution in [3.63, 3.8) is 0 Å². The monoisotopic (exact) mass is 560 g/mol. The quantitative estimate of drug-likeness (QED) is 0.137. The number of allylic oxidation sites excluding steroid dienone is 1. The van der Waals surface area contributed by atoms with Crippen molar-refractivity contribution in [2.45, 2.75) is 37.7 Å². The van der Waals surface area contributed by atoms with Crippen LogP contribution in [0.5, 0.6) is 0 Å². The molecule has 0 spiro atoms. The Kier molecular flexibility index (Phi) is 7.58. The van der Waals surface area contributed by atoms with E-state index in [-0.39, 0.29) is 52.7 Å². The van der Waals surface area contributed by atoms with Gasteiger partial charge in [-0.25, -0.2) is 0 Å². The van der Waals surface area contributed by atoms with Gasteiger partial charge in [-0.15, -0.1) is 0 Å². The number of benzene rings is 1. The van der Waals surface area contributed by atoms with E-state index in [1.807, 2.05) is 0 Å². The van der Waals surface area contributed by atoms with Gasteiger partial charge < -0.3 is 0 Å². The van der Waals surface area contributed by atoms with E-state index in [0.717, 1.165) is 12.1 Å². The van der Waals surface area contributed by atoms with E-state index in [4.69, 9.17) is 15.9 Å².